The lowest BCUT2D eigenvalue weighted by Gasteiger charge is -2.31. The van der Waals surface area contributed by atoms with Crippen molar-refractivity contribution in [1.82, 2.24) is 30.1 Å². The zero-order chi connectivity index (χ0) is 25.4. The van der Waals surface area contributed by atoms with E-state index in [4.69, 9.17) is 0 Å². The quantitative estimate of drug-likeness (QED) is 0.507. The first-order chi connectivity index (χ1) is 17.3. The molecule has 2 aromatic rings. The number of nitrogens with one attached hydrogen (secondary N) is 1. The maximum atomic E-state index is 13.1. The Morgan fingerprint density at radius 3 is 2.81 bits per heavy atom. The zero-order valence-electron chi connectivity index (χ0n) is 20.6. The van der Waals surface area contributed by atoms with Crippen LogP contribution in [0.4, 0.5) is 0 Å². The van der Waals surface area contributed by atoms with Crippen molar-refractivity contribution in [1.29, 1.82) is 0 Å². The van der Waals surface area contributed by atoms with Gasteiger partial charge in [-0.3, -0.25) is 24.5 Å². The molecular formula is C26H30N6O4. The number of fused-ring (bicyclic) bond motifs is 1. The van der Waals surface area contributed by atoms with Gasteiger partial charge in [0.2, 0.25) is 11.8 Å². The van der Waals surface area contributed by atoms with E-state index < -0.39 is 11.9 Å². The van der Waals surface area contributed by atoms with Crippen LogP contribution in [0.1, 0.15) is 72.4 Å². The molecule has 3 aliphatic heterocycles. The van der Waals surface area contributed by atoms with Crippen molar-refractivity contribution in [3.63, 3.8) is 0 Å². The second-order valence-electron chi connectivity index (χ2n) is 10.1. The maximum Gasteiger partial charge on any atom is 0.276 e. The largest absolute Gasteiger partial charge is 0.337 e. The van der Waals surface area contributed by atoms with E-state index in [0.717, 1.165) is 24.8 Å². The van der Waals surface area contributed by atoms with Crippen LogP contribution >= 0.6 is 0 Å². The SMILES string of the molecule is CC(C)=CCC1CCCN(C(=O)c2cn(-c3ccc4c(c3)CN(C3CCC(=O)NC3=O)C4=O)nn2)C1. The smallest absolute Gasteiger partial charge is 0.276 e. The predicted octanol–water partition coefficient (Wildman–Crippen LogP) is 2.24. The van der Waals surface area contributed by atoms with Gasteiger partial charge in [-0.25, -0.2) is 4.68 Å². The summed E-state index contributed by atoms with van der Waals surface area (Å²) in [6.45, 7) is 5.88. The predicted molar refractivity (Wildman–Crippen MR) is 130 cm³/mol. The van der Waals surface area contributed by atoms with Crippen molar-refractivity contribution in [2.75, 3.05) is 13.1 Å². The highest BCUT2D eigenvalue weighted by atomic mass is 16.2. The van der Waals surface area contributed by atoms with E-state index in [2.05, 4.69) is 35.6 Å². The molecule has 0 saturated carbocycles. The summed E-state index contributed by atoms with van der Waals surface area (Å²) < 4.78 is 1.54. The minimum atomic E-state index is -0.660. The molecule has 0 spiro atoms. The molecule has 2 unspecified atom stereocenters. The molecule has 2 saturated heterocycles. The standard InChI is InChI=1S/C26H30N6O4/c1-16(2)5-6-17-4-3-11-30(13-17)26(36)21-15-32(29-28-21)19-7-8-20-18(12-19)14-31(25(20)35)22-9-10-23(33)27-24(22)34/h5,7-8,12,15,17,22H,3-4,6,9-11,13-14H2,1-2H3,(H,27,33,34). The van der Waals surface area contributed by atoms with Gasteiger partial charge >= 0.3 is 0 Å². The number of allylic oxidation sites excluding steroid dienone is 2. The Bertz CT molecular complexity index is 1260. The Balaban J connectivity index is 1.29. The lowest BCUT2D eigenvalue weighted by molar-refractivity contribution is -0.136. The van der Waals surface area contributed by atoms with Crippen LogP contribution in [-0.2, 0) is 16.1 Å². The average molecular weight is 491 g/mol. The van der Waals surface area contributed by atoms with Gasteiger partial charge < -0.3 is 9.80 Å². The van der Waals surface area contributed by atoms with Gasteiger partial charge in [0.15, 0.2) is 5.69 Å². The molecule has 10 nitrogen and oxygen atoms in total. The van der Waals surface area contributed by atoms with Crippen LogP contribution in [0.25, 0.3) is 5.69 Å². The fraction of sp³-hybridized carbons (Fsp3) is 0.462. The lowest BCUT2D eigenvalue weighted by Crippen LogP contribution is -2.52. The number of rotatable bonds is 5. The summed E-state index contributed by atoms with van der Waals surface area (Å²) in [6, 6.07) is 4.63. The van der Waals surface area contributed by atoms with Gasteiger partial charge in [0.1, 0.15) is 6.04 Å². The average Bonchev–Trinajstić information content (AvgIpc) is 3.48. The van der Waals surface area contributed by atoms with E-state index in [1.165, 1.54) is 15.2 Å². The number of imide groups is 1. The Labute approximate surface area is 209 Å². The molecule has 1 N–H and O–H groups in total. The molecule has 1 aromatic heterocycles. The monoisotopic (exact) mass is 490 g/mol. The lowest BCUT2D eigenvalue weighted by atomic mass is 9.94. The van der Waals surface area contributed by atoms with Crippen LogP contribution in [0.15, 0.2) is 36.0 Å². The molecule has 0 aliphatic carbocycles. The minimum Gasteiger partial charge on any atom is -0.337 e. The molecule has 3 aliphatic rings. The van der Waals surface area contributed by atoms with E-state index in [1.807, 2.05) is 11.0 Å². The fourth-order valence-corrected chi connectivity index (χ4v) is 5.20. The number of hydrogen-bond donors (Lipinski definition) is 1. The zero-order valence-corrected chi connectivity index (χ0v) is 20.6. The summed E-state index contributed by atoms with van der Waals surface area (Å²) in [7, 11) is 0. The Morgan fingerprint density at radius 2 is 2.03 bits per heavy atom. The van der Waals surface area contributed by atoms with Crippen molar-refractivity contribution in [3.05, 3.63) is 52.9 Å². The molecule has 0 bridgehead atoms. The van der Waals surface area contributed by atoms with E-state index in [-0.39, 0.29) is 30.7 Å². The topological polar surface area (TPSA) is 118 Å². The first-order valence-corrected chi connectivity index (χ1v) is 12.4. The number of amides is 4. The van der Waals surface area contributed by atoms with Crippen LogP contribution in [0, 0.1) is 5.92 Å². The second kappa shape index (κ2) is 9.67. The highest BCUT2D eigenvalue weighted by Crippen LogP contribution is 2.29. The number of benzene rings is 1. The van der Waals surface area contributed by atoms with Gasteiger partial charge in [-0.1, -0.05) is 16.9 Å². The van der Waals surface area contributed by atoms with Crippen molar-refractivity contribution in [2.45, 2.75) is 58.5 Å². The second-order valence-corrected chi connectivity index (χ2v) is 10.1. The summed E-state index contributed by atoms with van der Waals surface area (Å²) in [6.07, 6.45) is 7.45. The van der Waals surface area contributed by atoms with Crippen molar-refractivity contribution in [2.24, 2.45) is 5.92 Å². The molecule has 1 aromatic carbocycles. The van der Waals surface area contributed by atoms with E-state index >= 15 is 0 Å². The molecule has 36 heavy (non-hydrogen) atoms. The Kier molecular flexibility index (Phi) is 6.42. The van der Waals surface area contributed by atoms with Gasteiger partial charge in [0.25, 0.3) is 11.8 Å². The van der Waals surface area contributed by atoms with Gasteiger partial charge in [0.05, 0.1) is 11.9 Å². The van der Waals surface area contributed by atoms with Crippen LogP contribution in [0.3, 0.4) is 0 Å². The molecule has 10 heteroatoms. The third-order valence-electron chi connectivity index (χ3n) is 7.15. The molecule has 2 atom stereocenters. The van der Waals surface area contributed by atoms with Gasteiger partial charge in [-0.05, 0) is 69.2 Å². The summed E-state index contributed by atoms with van der Waals surface area (Å²) in [5.41, 5.74) is 3.55. The molecule has 2 fully saturated rings. The fourth-order valence-electron chi connectivity index (χ4n) is 5.20. The minimum absolute atomic E-state index is 0.122. The van der Waals surface area contributed by atoms with Crippen LogP contribution < -0.4 is 5.32 Å². The van der Waals surface area contributed by atoms with Gasteiger partial charge in [-0.2, -0.15) is 0 Å². The Morgan fingerprint density at radius 1 is 1.19 bits per heavy atom. The van der Waals surface area contributed by atoms with E-state index in [0.29, 0.717) is 42.4 Å². The highest BCUT2D eigenvalue weighted by Gasteiger charge is 2.39. The van der Waals surface area contributed by atoms with Crippen LogP contribution in [0.2, 0.25) is 0 Å². The van der Waals surface area contributed by atoms with Crippen LogP contribution in [-0.4, -0.2) is 67.6 Å². The summed E-state index contributed by atoms with van der Waals surface area (Å²) in [5.74, 6) is -0.647. The Hall–Kier alpha value is -3.82. The van der Waals surface area contributed by atoms with E-state index in [1.54, 1.807) is 18.3 Å². The maximum absolute atomic E-state index is 13.1. The number of aromatic nitrogens is 3. The van der Waals surface area contributed by atoms with Crippen molar-refractivity contribution in [3.8, 4) is 5.69 Å². The molecule has 188 valence electrons. The summed E-state index contributed by atoms with van der Waals surface area (Å²) in [4.78, 5) is 53.2. The first-order valence-electron chi connectivity index (χ1n) is 12.4. The first kappa shape index (κ1) is 23.9. The normalized spacial score (nSPS) is 21.9. The summed E-state index contributed by atoms with van der Waals surface area (Å²) >= 11 is 0. The number of likely N-dealkylation sites (tertiary alicyclic amines) is 1. The van der Waals surface area contributed by atoms with Crippen molar-refractivity contribution >= 4 is 23.6 Å². The molecule has 4 heterocycles. The number of nitrogens with zero attached hydrogens (tertiary/aromatic N) is 5. The number of hydrogen-bond acceptors (Lipinski definition) is 6. The highest BCUT2D eigenvalue weighted by molar-refractivity contribution is 6.05. The molecule has 4 amide bonds. The number of carbonyl (C=O) groups is 4. The molecule has 0 radical (unpaired) electrons. The number of piperidine rings is 2. The van der Waals surface area contributed by atoms with Crippen LogP contribution in [0.5, 0.6) is 0 Å². The van der Waals surface area contributed by atoms with Gasteiger partial charge in [-0.15, -0.1) is 5.10 Å². The van der Waals surface area contributed by atoms with E-state index in [9.17, 15) is 19.2 Å². The molecular weight excluding hydrogens is 460 g/mol. The molecule has 5 rings (SSSR count). The third-order valence-corrected chi connectivity index (χ3v) is 7.15. The third kappa shape index (κ3) is 4.67. The summed E-state index contributed by atoms with van der Waals surface area (Å²) in [5, 5.41) is 10.6. The van der Waals surface area contributed by atoms with Gasteiger partial charge in [0, 0.05) is 31.6 Å². The number of carbonyl (C=O) groups excluding carboxylic acids is 4. The van der Waals surface area contributed by atoms with Crippen molar-refractivity contribution < 1.29 is 19.2 Å².